The van der Waals surface area contributed by atoms with Gasteiger partial charge in [-0.2, -0.15) is 0 Å². The van der Waals surface area contributed by atoms with Gasteiger partial charge in [0.05, 0.1) is 34.8 Å². The number of carbonyl (C=O) groups excluding carboxylic acids is 4. The molecule has 0 saturated carbocycles. The second kappa shape index (κ2) is 15.3. The fourth-order valence-corrected chi connectivity index (χ4v) is 9.58. The number of ether oxygens (including phenoxy) is 4. The minimum atomic E-state index is -2.67. The van der Waals surface area contributed by atoms with Crippen molar-refractivity contribution in [1.29, 1.82) is 0 Å². The molecule has 0 fully saturated rings. The molecule has 14 N–H and O–H groups in total. The number of rotatable bonds is 1. The van der Waals surface area contributed by atoms with Gasteiger partial charge in [0.15, 0.2) is 64.3 Å². The zero-order valence-electron chi connectivity index (χ0n) is 35.6. The van der Waals surface area contributed by atoms with Gasteiger partial charge in [0.1, 0.15) is 30.0 Å². The molecule has 6 heterocycles. The third kappa shape index (κ3) is 5.99. The third-order valence-corrected chi connectivity index (χ3v) is 12.9. The molecule has 24 nitrogen and oxygen atoms in total. The molecule has 0 radical (unpaired) electrons. The lowest BCUT2D eigenvalue weighted by molar-refractivity contribution is -0.153. The Kier molecular flexibility index (Phi) is 9.46. The molecule has 0 aliphatic carbocycles. The first kappa shape index (κ1) is 44.6. The number of aliphatic hydroxyl groups is 2. The van der Waals surface area contributed by atoms with E-state index in [4.69, 9.17) is 27.8 Å². The Balaban J connectivity index is 1.19. The van der Waals surface area contributed by atoms with E-state index < -0.39 is 180 Å². The lowest BCUT2D eigenvalue weighted by Crippen LogP contribution is -2.55. The molecule has 10 bridgehead atoms. The normalized spacial score (nSPS) is 19.7. The van der Waals surface area contributed by atoms with Crippen LogP contribution in [-0.2, 0) is 18.9 Å². The van der Waals surface area contributed by atoms with E-state index in [1.807, 2.05) is 0 Å². The fraction of sp³-hybridized carbons (Fsp3) is 0.125. The Morgan fingerprint density at radius 1 is 0.403 bits per heavy atom. The molecule has 24 heteroatoms. The maximum Gasteiger partial charge on any atom is 0.339 e. The van der Waals surface area contributed by atoms with Gasteiger partial charge in [-0.25, -0.2) is 19.2 Å². The summed E-state index contributed by atoms with van der Waals surface area (Å²) in [7, 11) is 0. The largest absolute Gasteiger partial charge is 0.504 e. The summed E-state index contributed by atoms with van der Waals surface area (Å²) in [5, 5.41) is 156. The number of aromatic hydroxyl groups is 12. The minimum absolute atomic E-state index is 0.00101. The Morgan fingerprint density at radius 2 is 0.833 bits per heavy atom. The number of benzene rings is 6. The third-order valence-electron chi connectivity index (χ3n) is 12.9. The summed E-state index contributed by atoms with van der Waals surface area (Å²) >= 11 is 0. The van der Waals surface area contributed by atoms with Crippen molar-refractivity contribution in [2.24, 2.45) is 0 Å². The predicted molar refractivity (Wildman–Crippen MR) is 233 cm³/mol. The monoisotopic (exact) mass is 990 g/mol. The van der Waals surface area contributed by atoms with Gasteiger partial charge in [-0.15, -0.1) is 0 Å². The Hall–Kier alpha value is -9.94. The molecule has 6 aromatic carbocycles. The van der Waals surface area contributed by atoms with E-state index in [1.165, 1.54) is 30.5 Å². The number of phenols is 12. The molecule has 6 aromatic rings. The molecule has 6 aliphatic heterocycles. The predicted octanol–water partition coefficient (Wildman–Crippen LogP) is 4.24. The lowest BCUT2D eigenvalue weighted by Gasteiger charge is -2.40. The van der Waals surface area contributed by atoms with E-state index >= 15 is 0 Å². The van der Waals surface area contributed by atoms with Gasteiger partial charge < -0.3 is 99.3 Å². The van der Waals surface area contributed by atoms with Crippen molar-refractivity contribution in [3.8, 4) is 102 Å². The number of phenolic OH excluding ortho intramolecular Hbond substituents is 12. The van der Waals surface area contributed by atoms with E-state index in [0.29, 0.717) is 18.2 Å². The number of esters is 4. The van der Waals surface area contributed by atoms with Crippen molar-refractivity contribution in [1.82, 2.24) is 0 Å². The smallest absolute Gasteiger partial charge is 0.339 e. The van der Waals surface area contributed by atoms with Gasteiger partial charge in [0, 0.05) is 49.0 Å². The number of carbonyl (C=O) groups is 4. The Morgan fingerprint density at radius 3 is 1.35 bits per heavy atom. The summed E-state index contributed by atoms with van der Waals surface area (Å²) in [5.74, 6) is -21.7. The van der Waals surface area contributed by atoms with Gasteiger partial charge >= 0.3 is 23.9 Å². The van der Waals surface area contributed by atoms with Crippen LogP contribution < -0.4 is 0 Å². The zero-order valence-corrected chi connectivity index (χ0v) is 35.6. The fourth-order valence-electron chi connectivity index (χ4n) is 9.58. The molecule has 366 valence electrons. The first-order valence-electron chi connectivity index (χ1n) is 20.9. The van der Waals surface area contributed by atoms with Crippen molar-refractivity contribution in [2.45, 2.75) is 30.5 Å². The standard InChI is InChI=1S/C48H30O24/c49-18-5-13-24(35(56)32(18)53)11-1-3-22-26-16(11)8-67-23-4-2-12(17(9-68-22)27(23)26)25-14(6-19(50)33(54)36(25)57)46(64)70-42(21(52)10-69-45(13)63)44-43-40(61)31-30(48(66)71-43)29(38(59)41(62)39(31)60)28-15(47(65)72-44)7-20(51)34(55)37(28)58/h1-9,21,40,42-44,49-62H,10H2. The zero-order chi connectivity index (χ0) is 51.3. The second-order valence-corrected chi connectivity index (χ2v) is 16.7. The van der Waals surface area contributed by atoms with Crippen LogP contribution in [0, 0.1) is 10.4 Å². The highest BCUT2D eigenvalue weighted by Gasteiger charge is 2.53. The summed E-state index contributed by atoms with van der Waals surface area (Å²) in [6.45, 7) is -1.39. The second-order valence-electron chi connectivity index (χ2n) is 16.7. The molecule has 12 rings (SSSR count). The Labute approximate surface area is 396 Å². The van der Waals surface area contributed by atoms with Gasteiger partial charge in [-0.3, -0.25) is 0 Å². The van der Waals surface area contributed by atoms with Crippen LogP contribution in [-0.4, -0.2) is 126 Å². The molecular weight excluding hydrogens is 961 g/mol. The highest BCUT2D eigenvalue weighted by Crippen LogP contribution is 2.58. The molecule has 6 aliphatic rings. The van der Waals surface area contributed by atoms with Gasteiger partial charge in [0.2, 0.25) is 23.0 Å². The molecule has 72 heavy (non-hydrogen) atoms. The van der Waals surface area contributed by atoms with Crippen LogP contribution in [0.15, 0.2) is 63.8 Å². The number of fused-ring (bicyclic) bond motifs is 7. The maximum absolute atomic E-state index is 14.9. The molecule has 5 unspecified atom stereocenters. The molecule has 0 amide bonds. The quantitative estimate of drug-likeness (QED) is 0.0621. The van der Waals surface area contributed by atoms with E-state index in [9.17, 15) is 90.7 Å². The SMILES string of the molecule is O=C1OC(C2OC(=O)c3cc(O)c(O)c(O)c3-c3ccc4occ5c(ccc6occ3c4=c65)-c3c(cc(O)c(O)c3O)C(=O)OCC2O)C2OC(=O)c3c(c(O)c(O)c(O)c3C2O)-c2c1cc(O)c(O)c2O. The molecule has 0 spiro atoms. The van der Waals surface area contributed by atoms with Gasteiger partial charge in [0.25, 0.3) is 0 Å². The average molecular weight is 991 g/mol. The van der Waals surface area contributed by atoms with Crippen LogP contribution in [0.5, 0.6) is 69.0 Å². The van der Waals surface area contributed by atoms with Crippen LogP contribution in [0.25, 0.3) is 55.3 Å². The maximum atomic E-state index is 14.9. The first-order chi connectivity index (χ1) is 34.2. The summed E-state index contributed by atoms with van der Waals surface area (Å²) in [4.78, 5) is 57.7. The van der Waals surface area contributed by atoms with Gasteiger partial charge in [-0.1, -0.05) is 0 Å². The molecule has 0 saturated heterocycles. The summed E-state index contributed by atoms with van der Waals surface area (Å²) in [6, 6.07) is 7.12. The summed E-state index contributed by atoms with van der Waals surface area (Å²) in [6.07, 6.45) is -10.6. The van der Waals surface area contributed by atoms with Crippen molar-refractivity contribution in [2.75, 3.05) is 6.61 Å². The number of hydrogen-bond acceptors (Lipinski definition) is 24. The van der Waals surface area contributed by atoms with Gasteiger partial charge in [-0.05, 0) is 53.6 Å². The summed E-state index contributed by atoms with van der Waals surface area (Å²) < 4.78 is 34.4. The topological polar surface area (TPSA) is 415 Å². The van der Waals surface area contributed by atoms with E-state index in [2.05, 4.69) is 0 Å². The van der Waals surface area contributed by atoms with E-state index in [0.717, 1.165) is 6.26 Å². The number of cyclic esters (lactones) is 2. The Bertz CT molecular complexity index is 3860. The van der Waals surface area contributed by atoms with Crippen LogP contribution >= 0.6 is 0 Å². The van der Waals surface area contributed by atoms with Crippen molar-refractivity contribution in [3.05, 3.63) is 93.2 Å². The van der Waals surface area contributed by atoms with Crippen LogP contribution in [0.4, 0.5) is 0 Å². The molecular formula is C48H30O24. The minimum Gasteiger partial charge on any atom is -0.504 e. The van der Waals surface area contributed by atoms with Crippen molar-refractivity contribution in [3.63, 3.8) is 0 Å². The van der Waals surface area contributed by atoms with E-state index in [-0.39, 0.29) is 43.5 Å². The van der Waals surface area contributed by atoms with Crippen molar-refractivity contribution < 1.29 is 118 Å². The molecule has 0 aromatic heterocycles. The average Bonchev–Trinajstić information content (AvgIpc) is 3.36. The number of hydrogen-bond donors (Lipinski definition) is 14. The lowest BCUT2D eigenvalue weighted by atomic mass is 9.82. The molecule has 5 atom stereocenters. The van der Waals surface area contributed by atoms with Crippen molar-refractivity contribution >= 4 is 45.8 Å². The van der Waals surface area contributed by atoms with Crippen LogP contribution in [0.3, 0.4) is 0 Å². The number of aliphatic hydroxyl groups excluding tert-OH is 2. The highest BCUT2D eigenvalue weighted by atomic mass is 16.6. The highest BCUT2D eigenvalue weighted by molar-refractivity contribution is 6.11. The first-order valence-corrected chi connectivity index (χ1v) is 20.9. The van der Waals surface area contributed by atoms with Crippen LogP contribution in [0.2, 0.25) is 0 Å². The summed E-state index contributed by atoms with van der Waals surface area (Å²) in [5.41, 5.74) is -7.89. The van der Waals surface area contributed by atoms with E-state index in [1.54, 1.807) is 0 Å². The van der Waals surface area contributed by atoms with Crippen LogP contribution in [0.1, 0.15) is 53.1 Å².